The first-order valence-electron chi connectivity index (χ1n) is 6.01. The summed E-state index contributed by atoms with van der Waals surface area (Å²) in [5.74, 6) is 0. The molecule has 3 heteroatoms. The van der Waals surface area contributed by atoms with Gasteiger partial charge < -0.3 is 10.6 Å². The monoisotopic (exact) mass is 260 g/mol. The van der Waals surface area contributed by atoms with E-state index in [-0.39, 0.29) is 0 Å². The minimum atomic E-state index is 0.699. The van der Waals surface area contributed by atoms with Crippen LogP contribution < -0.4 is 10.6 Å². The van der Waals surface area contributed by atoms with Gasteiger partial charge in [-0.25, -0.2) is 0 Å². The van der Waals surface area contributed by atoms with E-state index in [0.29, 0.717) is 5.02 Å². The second-order valence-electron chi connectivity index (χ2n) is 4.29. The molecular weight excluding hydrogens is 244 g/mol. The standard InChI is InChI=1S/C15H17ClN2/c1-3-18(13-6-4-5-11(2)9-13)15-10-12(16)7-8-14(15)17/h4-10H,3,17H2,1-2H3. The van der Waals surface area contributed by atoms with Crippen molar-refractivity contribution in [3.05, 3.63) is 53.1 Å². The molecular formula is C15H17ClN2. The highest BCUT2D eigenvalue weighted by molar-refractivity contribution is 6.31. The Hall–Kier alpha value is -1.67. The van der Waals surface area contributed by atoms with E-state index in [2.05, 4.69) is 36.9 Å². The predicted octanol–water partition coefficient (Wildman–Crippen LogP) is 4.39. The van der Waals surface area contributed by atoms with Crippen molar-refractivity contribution in [3.8, 4) is 0 Å². The lowest BCUT2D eigenvalue weighted by Crippen LogP contribution is -2.17. The van der Waals surface area contributed by atoms with Crippen molar-refractivity contribution in [2.45, 2.75) is 13.8 Å². The highest BCUT2D eigenvalue weighted by Crippen LogP contribution is 2.32. The van der Waals surface area contributed by atoms with Crippen molar-refractivity contribution in [1.29, 1.82) is 0 Å². The molecule has 94 valence electrons. The second-order valence-corrected chi connectivity index (χ2v) is 4.72. The third kappa shape index (κ3) is 2.59. The average molecular weight is 261 g/mol. The second kappa shape index (κ2) is 5.32. The van der Waals surface area contributed by atoms with Crippen LogP contribution in [-0.4, -0.2) is 6.54 Å². The fourth-order valence-electron chi connectivity index (χ4n) is 2.04. The Morgan fingerprint density at radius 2 is 1.94 bits per heavy atom. The lowest BCUT2D eigenvalue weighted by molar-refractivity contribution is 1.02. The fraction of sp³-hybridized carbons (Fsp3) is 0.200. The molecule has 0 atom stereocenters. The maximum absolute atomic E-state index is 6.05. The summed E-state index contributed by atoms with van der Waals surface area (Å²) in [7, 11) is 0. The lowest BCUT2D eigenvalue weighted by Gasteiger charge is -2.25. The quantitative estimate of drug-likeness (QED) is 0.830. The average Bonchev–Trinajstić information content (AvgIpc) is 2.35. The van der Waals surface area contributed by atoms with Gasteiger partial charge in [0.1, 0.15) is 0 Å². The van der Waals surface area contributed by atoms with Crippen molar-refractivity contribution in [2.24, 2.45) is 0 Å². The number of hydrogen-bond acceptors (Lipinski definition) is 2. The number of aryl methyl sites for hydroxylation is 1. The number of nitrogens with zero attached hydrogens (tertiary/aromatic N) is 1. The molecule has 0 aliphatic rings. The van der Waals surface area contributed by atoms with Crippen LogP contribution in [0.1, 0.15) is 12.5 Å². The van der Waals surface area contributed by atoms with Gasteiger partial charge in [-0.15, -0.1) is 0 Å². The van der Waals surface area contributed by atoms with Crippen LogP contribution in [0.15, 0.2) is 42.5 Å². The first kappa shape index (κ1) is 12.8. The Morgan fingerprint density at radius 3 is 2.61 bits per heavy atom. The molecule has 2 aromatic rings. The van der Waals surface area contributed by atoms with Crippen LogP contribution in [0.5, 0.6) is 0 Å². The van der Waals surface area contributed by atoms with Crippen molar-refractivity contribution in [2.75, 3.05) is 17.2 Å². The number of rotatable bonds is 3. The van der Waals surface area contributed by atoms with Gasteiger partial charge in [-0.2, -0.15) is 0 Å². The van der Waals surface area contributed by atoms with Gasteiger partial charge >= 0.3 is 0 Å². The van der Waals surface area contributed by atoms with E-state index in [9.17, 15) is 0 Å². The molecule has 2 rings (SSSR count). The van der Waals surface area contributed by atoms with Gasteiger partial charge in [0.2, 0.25) is 0 Å². The van der Waals surface area contributed by atoms with E-state index < -0.39 is 0 Å². The Morgan fingerprint density at radius 1 is 1.17 bits per heavy atom. The van der Waals surface area contributed by atoms with Crippen molar-refractivity contribution < 1.29 is 0 Å². The number of hydrogen-bond donors (Lipinski definition) is 1. The molecule has 0 aliphatic carbocycles. The fourth-order valence-corrected chi connectivity index (χ4v) is 2.20. The van der Waals surface area contributed by atoms with Gasteiger partial charge in [-0.05, 0) is 49.7 Å². The maximum Gasteiger partial charge on any atom is 0.0659 e. The summed E-state index contributed by atoms with van der Waals surface area (Å²) in [6.07, 6.45) is 0. The van der Waals surface area contributed by atoms with E-state index in [1.165, 1.54) is 5.56 Å². The van der Waals surface area contributed by atoms with Gasteiger partial charge in [0.05, 0.1) is 11.4 Å². The van der Waals surface area contributed by atoms with Crippen LogP contribution in [0.25, 0.3) is 0 Å². The highest BCUT2D eigenvalue weighted by atomic mass is 35.5. The van der Waals surface area contributed by atoms with Crippen LogP contribution in [0.2, 0.25) is 5.02 Å². The summed E-state index contributed by atoms with van der Waals surface area (Å²) in [5, 5.41) is 0.699. The summed E-state index contributed by atoms with van der Waals surface area (Å²) in [6, 6.07) is 13.9. The molecule has 2 nitrogen and oxygen atoms in total. The van der Waals surface area contributed by atoms with Crippen LogP contribution in [-0.2, 0) is 0 Å². The summed E-state index contributed by atoms with van der Waals surface area (Å²) in [5.41, 5.74) is 10.1. The molecule has 0 saturated heterocycles. The number of anilines is 3. The van der Waals surface area contributed by atoms with E-state index >= 15 is 0 Å². The smallest absolute Gasteiger partial charge is 0.0659 e. The first-order valence-corrected chi connectivity index (χ1v) is 6.39. The molecule has 2 N–H and O–H groups in total. The number of nitrogen functional groups attached to an aromatic ring is 1. The molecule has 0 amide bonds. The molecule has 0 bridgehead atoms. The number of halogens is 1. The Kier molecular flexibility index (Phi) is 3.78. The zero-order valence-electron chi connectivity index (χ0n) is 10.7. The zero-order valence-corrected chi connectivity index (χ0v) is 11.4. The Balaban J connectivity index is 2.48. The zero-order chi connectivity index (χ0) is 13.1. The van der Waals surface area contributed by atoms with Crippen LogP contribution in [0, 0.1) is 6.92 Å². The Bertz CT molecular complexity index is 552. The molecule has 2 aromatic carbocycles. The van der Waals surface area contributed by atoms with Crippen LogP contribution >= 0.6 is 11.6 Å². The summed E-state index contributed by atoms with van der Waals surface area (Å²) < 4.78 is 0. The van der Waals surface area contributed by atoms with Crippen molar-refractivity contribution in [3.63, 3.8) is 0 Å². The summed E-state index contributed by atoms with van der Waals surface area (Å²) in [4.78, 5) is 2.16. The maximum atomic E-state index is 6.05. The minimum Gasteiger partial charge on any atom is -0.397 e. The largest absolute Gasteiger partial charge is 0.397 e. The minimum absolute atomic E-state index is 0.699. The third-order valence-corrected chi connectivity index (χ3v) is 3.15. The molecule has 0 aliphatic heterocycles. The van der Waals surface area contributed by atoms with E-state index in [1.807, 2.05) is 24.3 Å². The van der Waals surface area contributed by atoms with Gasteiger partial charge in [0.25, 0.3) is 0 Å². The normalized spacial score (nSPS) is 10.4. The van der Waals surface area contributed by atoms with Gasteiger partial charge in [-0.3, -0.25) is 0 Å². The lowest BCUT2D eigenvalue weighted by atomic mass is 10.1. The summed E-state index contributed by atoms with van der Waals surface area (Å²) >= 11 is 6.05. The van der Waals surface area contributed by atoms with E-state index in [0.717, 1.165) is 23.6 Å². The topological polar surface area (TPSA) is 29.3 Å². The number of nitrogens with two attached hydrogens (primary N) is 1. The van der Waals surface area contributed by atoms with Gasteiger partial charge in [-0.1, -0.05) is 23.7 Å². The molecule has 0 aromatic heterocycles. The van der Waals surface area contributed by atoms with Gasteiger partial charge in [0.15, 0.2) is 0 Å². The predicted molar refractivity (Wildman–Crippen MR) is 79.7 cm³/mol. The third-order valence-electron chi connectivity index (χ3n) is 2.91. The molecule has 0 heterocycles. The SMILES string of the molecule is CCN(c1cccc(C)c1)c1cc(Cl)ccc1N. The molecule has 0 saturated carbocycles. The molecule has 0 unspecified atom stereocenters. The molecule has 18 heavy (non-hydrogen) atoms. The van der Waals surface area contributed by atoms with Crippen LogP contribution in [0.3, 0.4) is 0 Å². The van der Waals surface area contributed by atoms with Crippen molar-refractivity contribution >= 4 is 28.7 Å². The molecule has 0 radical (unpaired) electrons. The van der Waals surface area contributed by atoms with E-state index in [1.54, 1.807) is 0 Å². The molecule has 0 fully saturated rings. The van der Waals surface area contributed by atoms with Crippen molar-refractivity contribution in [1.82, 2.24) is 0 Å². The summed E-state index contributed by atoms with van der Waals surface area (Å²) in [6.45, 7) is 5.02. The molecule has 0 spiro atoms. The van der Waals surface area contributed by atoms with Gasteiger partial charge in [0, 0.05) is 17.3 Å². The number of benzene rings is 2. The highest BCUT2D eigenvalue weighted by Gasteiger charge is 2.11. The van der Waals surface area contributed by atoms with E-state index in [4.69, 9.17) is 17.3 Å². The Labute approximate surface area is 113 Å². The van der Waals surface area contributed by atoms with Crippen LogP contribution in [0.4, 0.5) is 17.1 Å². The first-order chi connectivity index (χ1) is 8.61.